The van der Waals surface area contributed by atoms with Crippen LogP contribution in [0.1, 0.15) is 18.1 Å². The number of rotatable bonds is 4. The molecule has 1 amide bonds. The van der Waals surface area contributed by atoms with Gasteiger partial charge in [-0.2, -0.15) is 0 Å². The fourth-order valence-corrected chi connectivity index (χ4v) is 3.62. The number of anilines is 1. The molecule has 1 aliphatic rings. The third-order valence-electron chi connectivity index (χ3n) is 3.58. The summed E-state index contributed by atoms with van der Waals surface area (Å²) in [7, 11) is -3.58. The Kier molecular flexibility index (Phi) is 4.21. The standard InChI is InChI=1S/C17H15FN2O3S/c1-2-19-24(22,23)13-5-3-4-11(8-13)9-15-14-7-6-12(18)10-16(14)20-17(15)21/h3-10,19H,2H2,1H3,(H,20,21)/b15-9+. The van der Waals surface area contributed by atoms with Crippen LogP contribution in [0.3, 0.4) is 0 Å². The highest BCUT2D eigenvalue weighted by Gasteiger charge is 2.24. The van der Waals surface area contributed by atoms with Gasteiger partial charge >= 0.3 is 0 Å². The summed E-state index contributed by atoms with van der Waals surface area (Å²) in [5, 5.41) is 2.60. The minimum atomic E-state index is -3.58. The summed E-state index contributed by atoms with van der Waals surface area (Å²) >= 11 is 0. The molecule has 0 aliphatic carbocycles. The topological polar surface area (TPSA) is 75.3 Å². The molecule has 5 nitrogen and oxygen atoms in total. The average molecular weight is 346 g/mol. The van der Waals surface area contributed by atoms with E-state index in [0.29, 0.717) is 22.4 Å². The van der Waals surface area contributed by atoms with E-state index in [1.54, 1.807) is 25.1 Å². The molecule has 0 saturated carbocycles. The van der Waals surface area contributed by atoms with Crippen LogP contribution < -0.4 is 10.0 Å². The molecular formula is C17H15FN2O3S. The fraction of sp³-hybridized carbons (Fsp3) is 0.118. The molecule has 0 fully saturated rings. The molecule has 0 saturated heterocycles. The van der Waals surface area contributed by atoms with Gasteiger partial charge in [0, 0.05) is 17.7 Å². The third-order valence-corrected chi connectivity index (χ3v) is 5.12. The van der Waals surface area contributed by atoms with Crippen LogP contribution in [0.5, 0.6) is 0 Å². The smallest absolute Gasteiger partial charge is 0.256 e. The Morgan fingerprint density at radius 1 is 1.21 bits per heavy atom. The summed E-state index contributed by atoms with van der Waals surface area (Å²) in [5.41, 5.74) is 1.92. The summed E-state index contributed by atoms with van der Waals surface area (Å²) in [6, 6.07) is 10.3. The maximum atomic E-state index is 13.3. The zero-order valence-electron chi connectivity index (χ0n) is 12.8. The number of sulfonamides is 1. The van der Waals surface area contributed by atoms with Crippen LogP contribution in [-0.2, 0) is 14.8 Å². The molecular weight excluding hydrogens is 331 g/mol. The lowest BCUT2D eigenvalue weighted by Gasteiger charge is -2.05. The van der Waals surface area contributed by atoms with Crippen molar-refractivity contribution >= 4 is 33.3 Å². The largest absolute Gasteiger partial charge is 0.321 e. The molecule has 2 aromatic rings. The lowest BCUT2D eigenvalue weighted by Crippen LogP contribution is -2.23. The summed E-state index contributed by atoms with van der Waals surface area (Å²) in [5.74, 6) is -0.787. The molecule has 7 heteroatoms. The molecule has 3 rings (SSSR count). The van der Waals surface area contributed by atoms with E-state index in [4.69, 9.17) is 0 Å². The van der Waals surface area contributed by atoms with Crippen LogP contribution in [0.25, 0.3) is 11.6 Å². The van der Waals surface area contributed by atoms with Crippen LogP contribution >= 0.6 is 0 Å². The molecule has 2 N–H and O–H groups in total. The predicted molar refractivity (Wildman–Crippen MR) is 90.2 cm³/mol. The molecule has 0 bridgehead atoms. The average Bonchev–Trinajstić information content (AvgIpc) is 2.82. The van der Waals surface area contributed by atoms with E-state index in [2.05, 4.69) is 10.0 Å². The summed E-state index contributed by atoms with van der Waals surface area (Å²) in [6.45, 7) is 1.98. The van der Waals surface area contributed by atoms with E-state index in [1.807, 2.05) is 0 Å². The van der Waals surface area contributed by atoms with Crippen LogP contribution in [0.4, 0.5) is 10.1 Å². The van der Waals surface area contributed by atoms with Gasteiger partial charge in [-0.25, -0.2) is 17.5 Å². The van der Waals surface area contributed by atoms with Crippen molar-refractivity contribution in [3.05, 3.63) is 59.4 Å². The van der Waals surface area contributed by atoms with Gasteiger partial charge < -0.3 is 5.32 Å². The first kappa shape index (κ1) is 16.4. The van der Waals surface area contributed by atoms with Crippen LogP contribution in [0.15, 0.2) is 47.4 Å². The quantitative estimate of drug-likeness (QED) is 0.836. The lowest BCUT2D eigenvalue weighted by molar-refractivity contribution is -0.110. The molecule has 24 heavy (non-hydrogen) atoms. The van der Waals surface area contributed by atoms with Crippen molar-refractivity contribution in [2.45, 2.75) is 11.8 Å². The van der Waals surface area contributed by atoms with Crippen molar-refractivity contribution in [2.24, 2.45) is 0 Å². The number of benzene rings is 2. The van der Waals surface area contributed by atoms with Gasteiger partial charge in [-0.05, 0) is 42.0 Å². The molecule has 0 spiro atoms. The number of hydrogen-bond donors (Lipinski definition) is 2. The van der Waals surface area contributed by atoms with Crippen molar-refractivity contribution < 1.29 is 17.6 Å². The minimum Gasteiger partial charge on any atom is -0.321 e. The van der Waals surface area contributed by atoms with E-state index in [0.717, 1.165) is 0 Å². The first-order valence-electron chi connectivity index (χ1n) is 7.33. The Hall–Kier alpha value is -2.51. The van der Waals surface area contributed by atoms with Crippen LogP contribution in [0.2, 0.25) is 0 Å². The Morgan fingerprint density at radius 2 is 2.00 bits per heavy atom. The highest BCUT2D eigenvalue weighted by atomic mass is 32.2. The normalized spacial score (nSPS) is 15.4. The van der Waals surface area contributed by atoms with Gasteiger partial charge in [-0.15, -0.1) is 0 Å². The monoisotopic (exact) mass is 346 g/mol. The molecule has 0 unspecified atom stereocenters. The Balaban J connectivity index is 2.03. The molecule has 0 aromatic heterocycles. The lowest BCUT2D eigenvalue weighted by atomic mass is 10.0. The van der Waals surface area contributed by atoms with E-state index in [9.17, 15) is 17.6 Å². The van der Waals surface area contributed by atoms with Crippen LogP contribution in [0, 0.1) is 5.82 Å². The van der Waals surface area contributed by atoms with Gasteiger partial charge in [-0.3, -0.25) is 4.79 Å². The van der Waals surface area contributed by atoms with Crippen LogP contribution in [-0.4, -0.2) is 20.9 Å². The zero-order chi connectivity index (χ0) is 17.3. The van der Waals surface area contributed by atoms with Gasteiger partial charge in [0.2, 0.25) is 10.0 Å². The molecule has 2 aromatic carbocycles. The molecule has 0 atom stereocenters. The third kappa shape index (κ3) is 3.08. The van der Waals surface area contributed by atoms with Crippen molar-refractivity contribution in [3.8, 4) is 0 Å². The highest BCUT2D eigenvalue weighted by molar-refractivity contribution is 7.89. The van der Waals surface area contributed by atoms with Crippen molar-refractivity contribution in [1.29, 1.82) is 0 Å². The highest BCUT2D eigenvalue weighted by Crippen LogP contribution is 2.33. The maximum Gasteiger partial charge on any atom is 0.256 e. The van der Waals surface area contributed by atoms with Crippen molar-refractivity contribution in [2.75, 3.05) is 11.9 Å². The molecule has 1 heterocycles. The second-order valence-corrected chi connectivity index (χ2v) is 7.04. The Labute approximate surface area is 139 Å². The number of nitrogens with one attached hydrogen (secondary N) is 2. The second-order valence-electron chi connectivity index (χ2n) is 5.28. The molecule has 1 aliphatic heterocycles. The molecule has 0 radical (unpaired) electrons. The number of hydrogen-bond acceptors (Lipinski definition) is 3. The van der Waals surface area contributed by atoms with Gasteiger partial charge in [0.1, 0.15) is 5.82 Å². The van der Waals surface area contributed by atoms with E-state index >= 15 is 0 Å². The zero-order valence-corrected chi connectivity index (χ0v) is 13.7. The van der Waals surface area contributed by atoms with Crippen molar-refractivity contribution in [3.63, 3.8) is 0 Å². The minimum absolute atomic E-state index is 0.122. The van der Waals surface area contributed by atoms with E-state index in [1.165, 1.54) is 30.3 Å². The number of fused-ring (bicyclic) bond motifs is 1. The predicted octanol–water partition coefficient (Wildman–Crippen LogP) is 2.62. The van der Waals surface area contributed by atoms with E-state index < -0.39 is 15.8 Å². The first-order chi connectivity index (χ1) is 11.4. The summed E-state index contributed by atoms with van der Waals surface area (Å²) in [4.78, 5) is 12.2. The Bertz CT molecular complexity index is 952. The number of carbonyl (C=O) groups is 1. The van der Waals surface area contributed by atoms with Crippen molar-refractivity contribution in [1.82, 2.24) is 4.72 Å². The summed E-state index contributed by atoms with van der Waals surface area (Å²) < 4.78 is 39.8. The van der Waals surface area contributed by atoms with E-state index in [-0.39, 0.29) is 17.3 Å². The Morgan fingerprint density at radius 3 is 2.75 bits per heavy atom. The first-order valence-corrected chi connectivity index (χ1v) is 8.82. The second kappa shape index (κ2) is 6.18. The maximum absolute atomic E-state index is 13.3. The number of carbonyl (C=O) groups excluding carboxylic acids is 1. The number of halogens is 1. The SMILES string of the molecule is CCNS(=O)(=O)c1cccc(/C=C2/C(=O)Nc3cc(F)ccc32)c1. The van der Waals surface area contributed by atoms with Gasteiger partial charge in [0.25, 0.3) is 5.91 Å². The number of amides is 1. The molecule has 124 valence electrons. The fourth-order valence-electron chi connectivity index (χ4n) is 2.52. The summed E-state index contributed by atoms with van der Waals surface area (Å²) in [6.07, 6.45) is 1.59. The van der Waals surface area contributed by atoms with Gasteiger partial charge in [-0.1, -0.05) is 19.1 Å². The van der Waals surface area contributed by atoms with Gasteiger partial charge in [0.05, 0.1) is 10.6 Å². The van der Waals surface area contributed by atoms with Gasteiger partial charge in [0.15, 0.2) is 0 Å².